The standard InChI is InChI=1S/C9H19N3O/c1-11-8-4-6-12(2)5-3-7(8)9(10)13/h7-8,11H,3-6H2,1-2H3,(H2,10,13). The number of likely N-dealkylation sites (tertiary alicyclic amines) is 1. The summed E-state index contributed by atoms with van der Waals surface area (Å²) in [5.41, 5.74) is 5.35. The van der Waals surface area contributed by atoms with Crippen molar-refractivity contribution in [1.29, 1.82) is 0 Å². The van der Waals surface area contributed by atoms with Crippen LogP contribution in [0.5, 0.6) is 0 Å². The maximum atomic E-state index is 11.1. The summed E-state index contributed by atoms with van der Waals surface area (Å²) in [5.74, 6) is -0.176. The highest BCUT2D eigenvalue weighted by Gasteiger charge is 2.27. The van der Waals surface area contributed by atoms with E-state index in [2.05, 4.69) is 17.3 Å². The number of carbonyl (C=O) groups excluding carboxylic acids is 1. The number of nitrogens with two attached hydrogens (primary N) is 1. The summed E-state index contributed by atoms with van der Waals surface area (Å²) < 4.78 is 0. The molecule has 1 saturated heterocycles. The second-order valence-corrected chi connectivity index (χ2v) is 3.78. The third kappa shape index (κ3) is 2.67. The fraction of sp³-hybridized carbons (Fsp3) is 0.889. The van der Waals surface area contributed by atoms with Gasteiger partial charge in [0.2, 0.25) is 5.91 Å². The Morgan fingerprint density at radius 2 is 2.08 bits per heavy atom. The van der Waals surface area contributed by atoms with Gasteiger partial charge < -0.3 is 16.0 Å². The Balaban J connectivity index is 2.61. The maximum Gasteiger partial charge on any atom is 0.222 e. The fourth-order valence-electron chi connectivity index (χ4n) is 1.92. The van der Waals surface area contributed by atoms with Crippen molar-refractivity contribution in [3.63, 3.8) is 0 Å². The molecule has 4 nitrogen and oxygen atoms in total. The van der Waals surface area contributed by atoms with E-state index in [1.807, 2.05) is 7.05 Å². The summed E-state index contributed by atoms with van der Waals surface area (Å²) in [4.78, 5) is 13.4. The van der Waals surface area contributed by atoms with E-state index in [1.165, 1.54) is 0 Å². The molecule has 0 spiro atoms. The second kappa shape index (κ2) is 4.58. The van der Waals surface area contributed by atoms with Gasteiger partial charge in [-0.2, -0.15) is 0 Å². The number of carbonyl (C=O) groups is 1. The van der Waals surface area contributed by atoms with Crippen LogP contribution >= 0.6 is 0 Å². The molecule has 4 heteroatoms. The van der Waals surface area contributed by atoms with Gasteiger partial charge in [0, 0.05) is 6.04 Å². The molecule has 76 valence electrons. The van der Waals surface area contributed by atoms with Crippen LogP contribution in [0.25, 0.3) is 0 Å². The number of nitrogens with one attached hydrogen (secondary N) is 1. The molecule has 1 fully saturated rings. The Morgan fingerprint density at radius 3 is 2.62 bits per heavy atom. The van der Waals surface area contributed by atoms with Gasteiger partial charge in [-0.05, 0) is 40.0 Å². The molecule has 0 aliphatic carbocycles. The van der Waals surface area contributed by atoms with Crippen molar-refractivity contribution >= 4 is 5.91 Å². The molecule has 1 aliphatic rings. The number of amides is 1. The quantitative estimate of drug-likeness (QED) is 0.604. The molecule has 1 amide bonds. The predicted octanol–water partition coefficient (Wildman–Crippen LogP) is -0.598. The van der Waals surface area contributed by atoms with Crippen molar-refractivity contribution in [2.75, 3.05) is 27.2 Å². The molecule has 1 aliphatic heterocycles. The maximum absolute atomic E-state index is 11.1. The Kier molecular flexibility index (Phi) is 3.69. The van der Waals surface area contributed by atoms with Gasteiger partial charge in [0.1, 0.15) is 0 Å². The summed E-state index contributed by atoms with van der Waals surface area (Å²) in [6.45, 7) is 2.00. The van der Waals surface area contributed by atoms with E-state index in [0.29, 0.717) is 0 Å². The van der Waals surface area contributed by atoms with Gasteiger partial charge in [0.15, 0.2) is 0 Å². The van der Waals surface area contributed by atoms with E-state index in [4.69, 9.17) is 5.73 Å². The zero-order valence-electron chi connectivity index (χ0n) is 8.42. The van der Waals surface area contributed by atoms with Crippen molar-refractivity contribution in [2.24, 2.45) is 11.7 Å². The summed E-state index contributed by atoms with van der Waals surface area (Å²) >= 11 is 0. The van der Waals surface area contributed by atoms with Crippen LogP contribution in [0.3, 0.4) is 0 Å². The summed E-state index contributed by atoms with van der Waals surface area (Å²) in [6, 6.07) is 0.252. The van der Waals surface area contributed by atoms with Gasteiger partial charge in [-0.1, -0.05) is 0 Å². The van der Waals surface area contributed by atoms with Gasteiger partial charge in [0.05, 0.1) is 5.92 Å². The number of primary amides is 1. The van der Waals surface area contributed by atoms with Crippen LogP contribution in [0.2, 0.25) is 0 Å². The van der Waals surface area contributed by atoms with Crippen LogP contribution in [0.1, 0.15) is 12.8 Å². The average Bonchev–Trinajstić information content (AvgIpc) is 2.26. The number of hydrogen-bond acceptors (Lipinski definition) is 3. The van der Waals surface area contributed by atoms with Gasteiger partial charge in [-0.15, -0.1) is 0 Å². The normalized spacial score (nSPS) is 31.2. The minimum atomic E-state index is -0.172. The SMILES string of the molecule is CNC1CCN(C)CCC1C(N)=O. The predicted molar refractivity (Wildman–Crippen MR) is 52.3 cm³/mol. The number of hydrogen-bond donors (Lipinski definition) is 2. The molecule has 1 heterocycles. The molecule has 0 saturated carbocycles. The lowest BCUT2D eigenvalue weighted by atomic mass is 9.94. The summed E-state index contributed by atoms with van der Waals surface area (Å²) in [5, 5.41) is 3.17. The summed E-state index contributed by atoms with van der Waals surface area (Å²) in [7, 11) is 3.97. The van der Waals surface area contributed by atoms with Crippen LogP contribution in [-0.4, -0.2) is 44.0 Å². The third-order valence-electron chi connectivity index (χ3n) is 2.87. The van der Waals surface area contributed by atoms with Gasteiger partial charge >= 0.3 is 0 Å². The molecule has 0 aromatic carbocycles. The van der Waals surface area contributed by atoms with E-state index in [0.717, 1.165) is 25.9 Å². The van der Waals surface area contributed by atoms with E-state index in [-0.39, 0.29) is 17.9 Å². The smallest absolute Gasteiger partial charge is 0.222 e. The van der Waals surface area contributed by atoms with Crippen LogP contribution in [0.15, 0.2) is 0 Å². The topological polar surface area (TPSA) is 58.4 Å². The Bertz CT molecular complexity index is 184. The van der Waals surface area contributed by atoms with Crippen molar-refractivity contribution in [3.8, 4) is 0 Å². The Labute approximate surface area is 79.5 Å². The molecular formula is C9H19N3O. The highest BCUT2D eigenvalue weighted by molar-refractivity contribution is 5.77. The molecule has 3 N–H and O–H groups in total. The largest absolute Gasteiger partial charge is 0.369 e. The number of rotatable bonds is 2. The first-order valence-electron chi connectivity index (χ1n) is 4.80. The van der Waals surface area contributed by atoms with E-state index in [9.17, 15) is 4.79 Å². The Morgan fingerprint density at radius 1 is 1.46 bits per heavy atom. The number of nitrogens with zero attached hydrogens (tertiary/aromatic N) is 1. The minimum Gasteiger partial charge on any atom is -0.369 e. The van der Waals surface area contributed by atoms with E-state index in [1.54, 1.807) is 0 Å². The lowest BCUT2D eigenvalue weighted by Gasteiger charge is -2.20. The molecule has 0 radical (unpaired) electrons. The molecule has 13 heavy (non-hydrogen) atoms. The van der Waals surface area contributed by atoms with Gasteiger partial charge in [0.25, 0.3) is 0 Å². The zero-order chi connectivity index (χ0) is 9.84. The van der Waals surface area contributed by atoms with Gasteiger partial charge in [-0.3, -0.25) is 4.79 Å². The second-order valence-electron chi connectivity index (χ2n) is 3.78. The molecule has 0 aromatic heterocycles. The average molecular weight is 185 g/mol. The highest BCUT2D eigenvalue weighted by Crippen LogP contribution is 2.16. The van der Waals surface area contributed by atoms with Crippen molar-refractivity contribution in [2.45, 2.75) is 18.9 Å². The monoisotopic (exact) mass is 185 g/mol. The van der Waals surface area contributed by atoms with Crippen LogP contribution in [0, 0.1) is 5.92 Å². The molecule has 0 aromatic rings. The first kappa shape index (κ1) is 10.5. The van der Waals surface area contributed by atoms with Gasteiger partial charge in [-0.25, -0.2) is 0 Å². The van der Waals surface area contributed by atoms with E-state index >= 15 is 0 Å². The third-order valence-corrected chi connectivity index (χ3v) is 2.87. The van der Waals surface area contributed by atoms with Crippen LogP contribution in [-0.2, 0) is 4.79 Å². The van der Waals surface area contributed by atoms with Crippen molar-refractivity contribution in [1.82, 2.24) is 10.2 Å². The minimum absolute atomic E-state index is 0.00468. The summed E-state index contributed by atoms with van der Waals surface area (Å²) in [6.07, 6.45) is 1.87. The zero-order valence-corrected chi connectivity index (χ0v) is 8.42. The molecule has 2 unspecified atom stereocenters. The lowest BCUT2D eigenvalue weighted by Crippen LogP contribution is -2.41. The van der Waals surface area contributed by atoms with Crippen molar-refractivity contribution < 1.29 is 4.79 Å². The first-order chi connectivity index (χ1) is 6.15. The molecule has 0 bridgehead atoms. The molecular weight excluding hydrogens is 166 g/mol. The molecule has 1 rings (SSSR count). The first-order valence-corrected chi connectivity index (χ1v) is 4.80. The van der Waals surface area contributed by atoms with Crippen LogP contribution < -0.4 is 11.1 Å². The Hall–Kier alpha value is -0.610. The van der Waals surface area contributed by atoms with Crippen LogP contribution in [0.4, 0.5) is 0 Å². The van der Waals surface area contributed by atoms with E-state index < -0.39 is 0 Å². The molecule has 2 atom stereocenters. The highest BCUT2D eigenvalue weighted by atomic mass is 16.1. The van der Waals surface area contributed by atoms with Crippen molar-refractivity contribution in [3.05, 3.63) is 0 Å². The fourth-order valence-corrected chi connectivity index (χ4v) is 1.92. The lowest BCUT2D eigenvalue weighted by molar-refractivity contribution is -0.122.